The van der Waals surface area contributed by atoms with Crippen LogP contribution in [0.4, 0.5) is 11.4 Å². The standard InChI is InChI=1S/C26H22N4O6S2/c31-21(9-11-23(33)34)29-17-5-7-19(25-15(17)3-1-13-27-25)37-38-20-8-6-18(16-4-2-14-28-26(16)20)30-22(32)10-12-24(35)36/h1-8,13-14H,9-12H2,(H,29,31)(H,30,32)(H,33,34)(H,35,36). The number of nitrogens with zero attached hydrogens (tertiary/aromatic N) is 2. The molecule has 38 heavy (non-hydrogen) atoms. The molecule has 0 fully saturated rings. The van der Waals surface area contributed by atoms with Crippen LogP contribution in [0.1, 0.15) is 25.7 Å². The summed E-state index contributed by atoms with van der Waals surface area (Å²) in [7, 11) is 2.92. The van der Waals surface area contributed by atoms with E-state index in [0.29, 0.717) is 22.4 Å². The third-order valence-corrected chi connectivity index (χ3v) is 7.80. The quantitative estimate of drug-likeness (QED) is 0.183. The molecule has 12 heteroatoms. The smallest absolute Gasteiger partial charge is 0.303 e. The number of nitrogens with one attached hydrogen (secondary N) is 2. The molecule has 0 spiro atoms. The van der Waals surface area contributed by atoms with Crippen LogP contribution in [0.5, 0.6) is 0 Å². The van der Waals surface area contributed by atoms with E-state index in [-0.39, 0.29) is 37.5 Å². The van der Waals surface area contributed by atoms with Crippen molar-refractivity contribution in [2.45, 2.75) is 35.5 Å². The highest BCUT2D eigenvalue weighted by atomic mass is 33.1. The molecule has 0 bridgehead atoms. The number of carboxylic acids is 2. The Hall–Kier alpha value is -4.16. The molecule has 2 heterocycles. The minimum Gasteiger partial charge on any atom is -0.481 e. The summed E-state index contributed by atoms with van der Waals surface area (Å²) in [4.78, 5) is 56.6. The lowest BCUT2D eigenvalue weighted by atomic mass is 10.1. The minimum absolute atomic E-state index is 0.125. The number of pyridine rings is 2. The lowest BCUT2D eigenvalue weighted by Crippen LogP contribution is -2.13. The van der Waals surface area contributed by atoms with Gasteiger partial charge in [-0.15, -0.1) is 0 Å². The molecular weight excluding hydrogens is 528 g/mol. The second-order valence-corrected chi connectivity index (χ2v) is 10.3. The molecule has 194 valence electrons. The maximum absolute atomic E-state index is 12.2. The summed E-state index contributed by atoms with van der Waals surface area (Å²) in [6.45, 7) is 0. The Labute approximate surface area is 224 Å². The van der Waals surface area contributed by atoms with Crippen LogP contribution in [0.25, 0.3) is 21.8 Å². The van der Waals surface area contributed by atoms with Gasteiger partial charge in [-0.2, -0.15) is 0 Å². The van der Waals surface area contributed by atoms with E-state index in [0.717, 1.165) is 20.6 Å². The van der Waals surface area contributed by atoms with Crippen molar-refractivity contribution in [1.29, 1.82) is 0 Å². The van der Waals surface area contributed by atoms with Crippen LogP contribution in [0.15, 0.2) is 70.7 Å². The minimum atomic E-state index is -1.04. The number of benzene rings is 2. The number of aliphatic carboxylic acids is 2. The van der Waals surface area contributed by atoms with Gasteiger partial charge in [0.2, 0.25) is 11.8 Å². The SMILES string of the molecule is O=C(O)CCC(=O)Nc1ccc(SSc2ccc(NC(=O)CCC(=O)O)c3cccnc23)c2ncccc12. The Morgan fingerprint density at radius 3 is 1.45 bits per heavy atom. The van der Waals surface area contributed by atoms with Crippen LogP contribution in [0.2, 0.25) is 0 Å². The largest absolute Gasteiger partial charge is 0.481 e. The van der Waals surface area contributed by atoms with Crippen LogP contribution in [0.3, 0.4) is 0 Å². The van der Waals surface area contributed by atoms with Crippen molar-refractivity contribution >= 4 is 78.5 Å². The molecule has 4 rings (SSSR count). The molecule has 0 saturated heterocycles. The van der Waals surface area contributed by atoms with Gasteiger partial charge in [0.25, 0.3) is 0 Å². The van der Waals surface area contributed by atoms with E-state index in [1.165, 1.54) is 21.6 Å². The molecule has 4 aromatic rings. The Morgan fingerprint density at radius 1 is 0.632 bits per heavy atom. The van der Waals surface area contributed by atoms with Crippen LogP contribution < -0.4 is 10.6 Å². The van der Waals surface area contributed by atoms with Gasteiger partial charge in [0.1, 0.15) is 0 Å². The third-order valence-electron chi connectivity index (χ3n) is 5.37. The van der Waals surface area contributed by atoms with Gasteiger partial charge < -0.3 is 20.8 Å². The predicted octanol–water partition coefficient (Wildman–Crippen LogP) is 5.19. The summed E-state index contributed by atoms with van der Waals surface area (Å²) >= 11 is 0. The fourth-order valence-corrected chi connectivity index (χ4v) is 5.86. The summed E-state index contributed by atoms with van der Waals surface area (Å²) in [5.74, 6) is -2.85. The third kappa shape index (κ3) is 6.78. The summed E-state index contributed by atoms with van der Waals surface area (Å²) in [5.41, 5.74) is 2.46. The molecule has 0 aliphatic carbocycles. The average molecular weight is 551 g/mol. The van der Waals surface area contributed by atoms with Gasteiger partial charge in [-0.3, -0.25) is 29.1 Å². The summed E-state index contributed by atoms with van der Waals surface area (Å²) in [5, 5.41) is 24.6. The van der Waals surface area contributed by atoms with Crippen LogP contribution in [-0.4, -0.2) is 43.9 Å². The Balaban J connectivity index is 1.54. The molecule has 4 N–H and O–H groups in total. The first-order valence-corrected chi connectivity index (χ1v) is 13.6. The lowest BCUT2D eigenvalue weighted by Gasteiger charge is -2.13. The number of aromatic nitrogens is 2. The molecule has 10 nitrogen and oxygen atoms in total. The summed E-state index contributed by atoms with van der Waals surface area (Å²) in [6.07, 6.45) is 2.57. The highest BCUT2D eigenvalue weighted by molar-refractivity contribution is 8.76. The fraction of sp³-hybridized carbons (Fsp3) is 0.154. The predicted molar refractivity (Wildman–Crippen MR) is 146 cm³/mol. The number of carboxylic acid groups (broad SMARTS) is 2. The Bertz CT molecular complexity index is 1430. The number of carbonyl (C=O) groups excluding carboxylic acids is 2. The van der Waals surface area contributed by atoms with Crippen molar-refractivity contribution in [3.63, 3.8) is 0 Å². The molecule has 2 aromatic carbocycles. The number of rotatable bonds is 11. The van der Waals surface area contributed by atoms with Gasteiger partial charge in [-0.05, 0) is 48.5 Å². The van der Waals surface area contributed by atoms with Crippen molar-refractivity contribution in [1.82, 2.24) is 9.97 Å². The van der Waals surface area contributed by atoms with E-state index in [4.69, 9.17) is 10.2 Å². The number of carbonyl (C=O) groups is 4. The summed E-state index contributed by atoms with van der Waals surface area (Å²) in [6, 6.07) is 14.4. The second kappa shape index (κ2) is 12.4. The lowest BCUT2D eigenvalue weighted by molar-refractivity contribution is -0.138. The molecule has 0 atom stereocenters. The Kier molecular flexibility index (Phi) is 8.77. The van der Waals surface area contributed by atoms with Gasteiger partial charge in [-0.1, -0.05) is 21.6 Å². The van der Waals surface area contributed by atoms with E-state index in [1.807, 2.05) is 24.3 Å². The monoisotopic (exact) mass is 550 g/mol. The highest BCUT2D eigenvalue weighted by Gasteiger charge is 2.15. The first-order chi connectivity index (χ1) is 18.3. The normalized spacial score (nSPS) is 10.8. The van der Waals surface area contributed by atoms with E-state index in [1.54, 1.807) is 36.7 Å². The maximum Gasteiger partial charge on any atom is 0.303 e. The average Bonchev–Trinajstić information content (AvgIpc) is 2.91. The Morgan fingerprint density at radius 2 is 1.05 bits per heavy atom. The highest BCUT2D eigenvalue weighted by Crippen LogP contribution is 2.44. The topological polar surface area (TPSA) is 159 Å². The fourth-order valence-electron chi connectivity index (χ4n) is 3.60. The molecule has 0 radical (unpaired) electrons. The molecule has 0 saturated carbocycles. The number of hydrogen-bond donors (Lipinski definition) is 4. The molecular formula is C26H22N4O6S2. The molecule has 2 aromatic heterocycles. The van der Waals surface area contributed by atoms with Crippen molar-refractivity contribution in [3.05, 3.63) is 60.9 Å². The molecule has 0 unspecified atom stereocenters. The maximum atomic E-state index is 12.2. The van der Waals surface area contributed by atoms with Gasteiger partial charge in [-0.25, -0.2) is 0 Å². The van der Waals surface area contributed by atoms with Gasteiger partial charge >= 0.3 is 11.9 Å². The number of hydrogen-bond acceptors (Lipinski definition) is 8. The number of amides is 2. The molecule has 0 aliphatic heterocycles. The van der Waals surface area contributed by atoms with E-state index < -0.39 is 11.9 Å². The van der Waals surface area contributed by atoms with E-state index in [9.17, 15) is 19.2 Å². The van der Waals surface area contributed by atoms with E-state index in [2.05, 4.69) is 20.6 Å². The van der Waals surface area contributed by atoms with Gasteiger partial charge in [0, 0.05) is 45.8 Å². The zero-order chi connectivity index (χ0) is 27.1. The number of anilines is 2. The van der Waals surface area contributed by atoms with Crippen LogP contribution in [0, 0.1) is 0 Å². The zero-order valence-electron chi connectivity index (χ0n) is 19.8. The summed E-state index contributed by atoms with van der Waals surface area (Å²) < 4.78 is 0. The first-order valence-electron chi connectivity index (χ1n) is 11.4. The van der Waals surface area contributed by atoms with Gasteiger partial charge in [0.15, 0.2) is 0 Å². The molecule has 0 aliphatic rings. The number of fused-ring (bicyclic) bond motifs is 2. The van der Waals surface area contributed by atoms with Crippen LogP contribution >= 0.6 is 21.6 Å². The van der Waals surface area contributed by atoms with Gasteiger partial charge in [0.05, 0.1) is 35.2 Å². The van der Waals surface area contributed by atoms with Crippen LogP contribution in [-0.2, 0) is 19.2 Å². The molecule has 2 amide bonds. The van der Waals surface area contributed by atoms with Crippen molar-refractivity contribution in [2.75, 3.05) is 10.6 Å². The first kappa shape index (κ1) is 26.9. The van der Waals surface area contributed by atoms with Crippen molar-refractivity contribution in [3.8, 4) is 0 Å². The zero-order valence-corrected chi connectivity index (χ0v) is 21.5. The van der Waals surface area contributed by atoms with Crippen molar-refractivity contribution < 1.29 is 29.4 Å². The van der Waals surface area contributed by atoms with E-state index >= 15 is 0 Å². The van der Waals surface area contributed by atoms with Crippen molar-refractivity contribution in [2.24, 2.45) is 0 Å². The second-order valence-electron chi connectivity index (χ2n) is 8.07.